The summed E-state index contributed by atoms with van der Waals surface area (Å²) in [5.74, 6) is 0. The van der Waals surface area contributed by atoms with Gasteiger partial charge in [-0.2, -0.15) is 5.10 Å². The molecule has 3 nitrogen and oxygen atoms in total. The fourth-order valence-corrected chi connectivity index (χ4v) is 1.49. The molecule has 2 rings (SSSR count). The lowest BCUT2D eigenvalue weighted by Gasteiger charge is -2.04. The predicted octanol–water partition coefficient (Wildman–Crippen LogP) is 1.71. The van der Waals surface area contributed by atoms with Gasteiger partial charge in [0.05, 0.1) is 11.2 Å². The molecule has 0 saturated heterocycles. The zero-order chi connectivity index (χ0) is 10.1. The first-order valence-corrected chi connectivity index (χ1v) is 4.65. The van der Waals surface area contributed by atoms with Crippen LogP contribution in [0, 0.1) is 13.8 Å². The van der Waals surface area contributed by atoms with Gasteiger partial charge in [0.1, 0.15) is 0 Å². The van der Waals surface area contributed by atoms with Crippen LogP contribution in [0.5, 0.6) is 0 Å². The van der Waals surface area contributed by atoms with Gasteiger partial charge < -0.3 is 5.73 Å². The number of hydrogen-bond donors (Lipinski definition) is 1. The van der Waals surface area contributed by atoms with Crippen LogP contribution in [0.4, 0.5) is 0 Å². The van der Waals surface area contributed by atoms with Crippen molar-refractivity contribution in [2.24, 2.45) is 5.73 Å². The summed E-state index contributed by atoms with van der Waals surface area (Å²) in [6.07, 6.45) is 0. The molecule has 0 unspecified atom stereocenters. The average molecular weight is 187 g/mol. The summed E-state index contributed by atoms with van der Waals surface area (Å²) in [4.78, 5) is 0. The maximum atomic E-state index is 5.51. The van der Waals surface area contributed by atoms with Crippen molar-refractivity contribution in [1.29, 1.82) is 0 Å². The van der Waals surface area contributed by atoms with E-state index in [0.717, 1.165) is 16.6 Å². The molecule has 14 heavy (non-hydrogen) atoms. The summed E-state index contributed by atoms with van der Waals surface area (Å²) in [7, 11) is 0. The molecule has 0 bridgehead atoms. The molecule has 0 saturated carbocycles. The van der Waals surface area contributed by atoms with Crippen molar-refractivity contribution in [3.63, 3.8) is 0 Å². The first-order valence-electron chi connectivity index (χ1n) is 4.65. The van der Waals surface area contributed by atoms with E-state index in [2.05, 4.69) is 36.2 Å². The Balaban J connectivity index is 2.74. The van der Waals surface area contributed by atoms with Crippen molar-refractivity contribution in [1.82, 2.24) is 10.2 Å². The monoisotopic (exact) mass is 187 g/mol. The molecule has 1 aromatic heterocycles. The van der Waals surface area contributed by atoms with E-state index in [9.17, 15) is 0 Å². The smallest absolute Gasteiger partial charge is 0.0961 e. The summed E-state index contributed by atoms with van der Waals surface area (Å²) in [5, 5.41) is 9.35. The van der Waals surface area contributed by atoms with Gasteiger partial charge in [-0.05, 0) is 31.0 Å². The number of hydrogen-bond acceptors (Lipinski definition) is 3. The van der Waals surface area contributed by atoms with E-state index >= 15 is 0 Å². The lowest BCUT2D eigenvalue weighted by molar-refractivity contribution is 0.918. The SMILES string of the molecule is Cc1ccc2cc(CN)nnc2c1C. The van der Waals surface area contributed by atoms with Crippen molar-refractivity contribution in [3.05, 3.63) is 35.0 Å². The standard InChI is InChI=1S/C11H13N3/c1-7-3-4-9-5-10(6-12)13-14-11(9)8(7)2/h3-5H,6,12H2,1-2H3. The van der Waals surface area contributed by atoms with Crippen LogP contribution in [-0.2, 0) is 6.54 Å². The van der Waals surface area contributed by atoms with E-state index in [1.165, 1.54) is 11.1 Å². The third-order valence-corrected chi connectivity index (χ3v) is 2.54. The molecule has 0 aliphatic carbocycles. The molecule has 0 radical (unpaired) electrons. The van der Waals surface area contributed by atoms with E-state index in [1.807, 2.05) is 6.07 Å². The highest BCUT2D eigenvalue weighted by Crippen LogP contribution is 2.18. The first kappa shape index (κ1) is 9.09. The fraction of sp³-hybridized carbons (Fsp3) is 0.273. The van der Waals surface area contributed by atoms with Gasteiger partial charge in [0, 0.05) is 11.9 Å². The lowest BCUT2D eigenvalue weighted by Crippen LogP contribution is -2.01. The third kappa shape index (κ3) is 1.36. The zero-order valence-corrected chi connectivity index (χ0v) is 8.41. The zero-order valence-electron chi connectivity index (χ0n) is 8.41. The van der Waals surface area contributed by atoms with Gasteiger partial charge in [-0.15, -0.1) is 5.10 Å². The fourth-order valence-electron chi connectivity index (χ4n) is 1.49. The third-order valence-electron chi connectivity index (χ3n) is 2.54. The number of fused-ring (bicyclic) bond motifs is 1. The predicted molar refractivity (Wildman–Crippen MR) is 56.9 cm³/mol. The van der Waals surface area contributed by atoms with Crippen LogP contribution >= 0.6 is 0 Å². The minimum Gasteiger partial charge on any atom is -0.325 e. The molecule has 0 amide bonds. The van der Waals surface area contributed by atoms with Gasteiger partial charge in [-0.1, -0.05) is 12.1 Å². The Morgan fingerprint density at radius 2 is 2.00 bits per heavy atom. The van der Waals surface area contributed by atoms with E-state index < -0.39 is 0 Å². The van der Waals surface area contributed by atoms with Gasteiger partial charge in [0.2, 0.25) is 0 Å². The molecule has 2 aromatic rings. The minimum absolute atomic E-state index is 0.440. The Kier molecular flexibility index (Phi) is 2.17. The van der Waals surface area contributed by atoms with Crippen LogP contribution < -0.4 is 5.73 Å². The van der Waals surface area contributed by atoms with E-state index in [-0.39, 0.29) is 0 Å². The number of nitrogens with two attached hydrogens (primary N) is 1. The second kappa shape index (κ2) is 3.35. The molecule has 2 N–H and O–H groups in total. The topological polar surface area (TPSA) is 51.8 Å². The number of aryl methyl sites for hydroxylation is 2. The van der Waals surface area contributed by atoms with Crippen LogP contribution in [0.3, 0.4) is 0 Å². The Hall–Kier alpha value is -1.48. The van der Waals surface area contributed by atoms with E-state index in [1.54, 1.807) is 0 Å². The van der Waals surface area contributed by atoms with Crippen molar-refractivity contribution in [2.45, 2.75) is 20.4 Å². The largest absolute Gasteiger partial charge is 0.325 e. The number of nitrogens with zero attached hydrogens (tertiary/aromatic N) is 2. The molecule has 72 valence electrons. The lowest BCUT2D eigenvalue weighted by atomic mass is 10.1. The van der Waals surface area contributed by atoms with Crippen LogP contribution in [0.25, 0.3) is 10.9 Å². The highest BCUT2D eigenvalue weighted by molar-refractivity contribution is 5.82. The Morgan fingerprint density at radius 1 is 1.21 bits per heavy atom. The highest BCUT2D eigenvalue weighted by atomic mass is 15.1. The quantitative estimate of drug-likeness (QED) is 0.739. The van der Waals surface area contributed by atoms with Crippen LogP contribution in [0.1, 0.15) is 16.8 Å². The van der Waals surface area contributed by atoms with Crippen molar-refractivity contribution in [2.75, 3.05) is 0 Å². The molecular weight excluding hydrogens is 174 g/mol. The summed E-state index contributed by atoms with van der Waals surface area (Å²) >= 11 is 0. The summed E-state index contributed by atoms with van der Waals surface area (Å²) < 4.78 is 0. The molecular formula is C11H13N3. The molecule has 0 aliphatic heterocycles. The van der Waals surface area contributed by atoms with Crippen molar-refractivity contribution in [3.8, 4) is 0 Å². The van der Waals surface area contributed by atoms with Crippen LogP contribution in [0.2, 0.25) is 0 Å². The second-order valence-electron chi connectivity index (χ2n) is 3.49. The molecule has 1 aromatic carbocycles. The summed E-state index contributed by atoms with van der Waals surface area (Å²) in [6, 6.07) is 6.15. The maximum absolute atomic E-state index is 5.51. The first-order chi connectivity index (χ1) is 6.72. The number of benzene rings is 1. The number of rotatable bonds is 1. The summed E-state index contributed by atoms with van der Waals surface area (Å²) in [5.41, 5.74) is 9.75. The maximum Gasteiger partial charge on any atom is 0.0961 e. The second-order valence-corrected chi connectivity index (χ2v) is 3.49. The Morgan fingerprint density at radius 3 is 2.71 bits per heavy atom. The minimum atomic E-state index is 0.440. The Labute approximate surface area is 83.0 Å². The van der Waals surface area contributed by atoms with Gasteiger partial charge in [-0.3, -0.25) is 0 Å². The van der Waals surface area contributed by atoms with E-state index in [0.29, 0.717) is 6.54 Å². The van der Waals surface area contributed by atoms with Crippen molar-refractivity contribution < 1.29 is 0 Å². The van der Waals surface area contributed by atoms with Gasteiger partial charge in [0.25, 0.3) is 0 Å². The van der Waals surface area contributed by atoms with Crippen LogP contribution in [0.15, 0.2) is 18.2 Å². The molecule has 0 aliphatic rings. The molecule has 0 spiro atoms. The van der Waals surface area contributed by atoms with Gasteiger partial charge >= 0.3 is 0 Å². The normalized spacial score (nSPS) is 10.8. The molecule has 0 atom stereocenters. The molecule has 0 fully saturated rings. The van der Waals surface area contributed by atoms with E-state index in [4.69, 9.17) is 5.73 Å². The molecule has 3 heteroatoms. The number of aromatic nitrogens is 2. The van der Waals surface area contributed by atoms with Gasteiger partial charge in [0.15, 0.2) is 0 Å². The molecule has 1 heterocycles. The average Bonchev–Trinajstić information content (AvgIpc) is 2.23. The Bertz CT molecular complexity index is 477. The van der Waals surface area contributed by atoms with Crippen molar-refractivity contribution >= 4 is 10.9 Å². The van der Waals surface area contributed by atoms with Gasteiger partial charge in [-0.25, -0.2) is 0 Å². The highest BCUT2D eigenvalue weighted by Gasteiger charge is 2.03. The van der Waals surface area contributed by atoms with Crippen LogP contribution in [-0.4, -0.2) is 10.2 Å². The summed E-state index contributed by atoms with van der Waals surface area (Å²) in [6.45, 7) is 4.58.